The van der Waals surface area contributed by atoms with E-state index in [2.05, 4.69) is 42.2 Å². The van der Waals surface area contributed by atoms with Crippen LogP contribution in [0.1, 0.15) is 36.6 Å². The summed E-state index contributed by atoms with van der Waals surface area (Å²) < 4.78 is 0. The van der Waals surface area contributed by atoms with Crippen molar-refractivity contribution in [3.05, 3.63) is 65.5 Å². The normalized spacial score (nSPS) is 21.9. The lowest BCUT2D eigenvalue weighted by atomic mass is 9.75. The third kappa shape index (κ3) is 3.03. The minimum absolute atomic E-state index is 0.0389. The summed E-state index contributed by atoms with van der Waals surface area (Å²) >= 11 is 0. The van der Waals surface area contributed by atoms with Crippen LogP contribution in [-0.2, 0) is 16.8 Å². The highest BCUT2D eigenvalue weighted by atomic mass is 16.2. The van der Waals surface area contributed by atoms with Gasteiger partial charge in [-0.1, -0.05) is 37.3 Å². The molecule has 1 atom stereocenters. The summed E-state index contributed by atoms with van der Waals surface area (Å²) in [5, 5.41) is 0. The van der Waals surface area contributed by atoms with Crippen molar-refractivity contribution >= 4 is 5.91 Å². The van der Waals surface area contributed by atoms with E-state index in [1.54, 1.807) is 0 Å². The Bertz CT molecular complexity index is 668. The molecule has 1 aromatic carbocycles. The third-order valence-corrected chi connectivity index (χ3v) is 4.59. The average Bonchev–Trinajstić information content (AvgIpc) is 2.52. The van der Waals surface area contributed by atoms with Gasteiger partial charge >= 0.3 is 0 Å². The number of hydrogen-bond donors (Lipinski definition) is 0. The van der Waals surface area contributed by atoms with Gasteiger partial charge in [0.05, 0.1) is 0 Å². The Kier molecular flexibility index (Phi) is 3.97. The largest absolute Gasteiger partial charge is 0.337 e. The molecule has 3 heteroatoms. The number of piperidine rings is 1. The molecule has 0 spiro atoms. The van der Waals surface area contributed by atoms with Gasteiger partial charge in [0.2, 0.25) is 5.91 Å². The van der Waals surface area contributed by atoms with Gasteiger partial charge in [0.1, 0.15) is 0 Å². The first-order valence-corrected chi connectivity index (χ1v) is 7.82. The number of amides is 1. The van der Waals surface area contributed by atoms with Gasteiger partial charge in [-0.3, -0.25) is 9.78 Å². The van der Waals surface area contributed by atoms with Crippen molar-refractivity contribution < 1.29 is 4.79 Å². The zero-order valence-electron chi connectivity index (χ0n) is 13.2. The number of pyridine rings is 1. The van der Waals surface area contributed by atoms with E-state index >= 15 is 0 Å². The van der Waals surface area contributed by atoms with Crippen LogP contribution in [0.4, 0.5) is 0 Å². The minimum atomic E-state index is 0.0389. The van der Waals surface area contributed by atoms with E-state index in [0.717, 1.165) is 24.2 Å². The average molecular weight is 294 g/mol. The van der Waals surface area contributed by atoms with Crippen LogP contribution in [-0.4, -0.2) is 22.3 Å². The number of aryl methyl sites for hydroxylation is 1. The number of benzene rings is 1. The zero-order valence-corrected chi connectivity index (χ0v) is 13.2. The Morgan fingerprint density at radius 2 is 2.00 bits per heavy atom. The van der Waals surface area contributed by atoms with Crippen molar-refractivity contribution in [2.75, 3.05) is 6.54 Å². The number of likely N-dealkylation sites (tertiary alicyclic amines) is 1. The molecule has 1 aliphatic heterocycles. The van der Waals surface area contributed by atoms with Gasteiger partial charge in [0.25, 0.3) is 0 Å². The van der Waals surface area contributed by atoms with Gasteiger partial charge in [0, 0.05) is 36.8 Å². The number of hydrogen-bond acceptors (Lipinski definition) is 2. The lowest BCUT2D eigenvalue weighted by Crippen LogP contribution is -2.47. The summed E-state index contributed by atoms with van der Waals surface area (Å²) in [6.07, 6.45) is 3.35. The van der Waals surface area contributed by atoms with E-state index in [1.807, 2.05) is 30.2 Å². The molecule has 22 heavy (non-hydrogen) atoms. The smallest absolute Gasteiger partial charge is 0.222 e. The Labute approximate surface area is 132 Å². The van der Waals surface area contributed by atoms with Crippen LogP contribution >= 0.6 is 0 Å². The molecule has 1 aromatic heterocycles. The number of carbonyl (C=O) groups is 1. The first kappa shape index (κ1) is 14.8. The highest BCUT2D eigenvalue weighted by Crippen LogP contribution is 2.34. The molecule has 0 saturated carbocycles. The minimum Gasteiger partial charge on any atom is -0.337 e. The summed E-state index contributed by atoms with van der Waals surface area (Å²) in [5.41, 5.74) is 3.50. The molecule has 0 radical (unpaired) electrons. The molecule has 1 aliphatic rings. The Hall–Kier alpha value is -2.16. The molecular formula is C19H22N2O. The van der Waals surface area contributed by atoms with Crippen LogP contribution in [0.25, 0.3) is 0 Å². The van der Waals surface area contributed by atoms with Crippen LogP contribution in [0.15, 0.2) is 48.7 Å². The molecule has 1 amide bonds. The molecule has 3 rings (SSSR count). The molecule has 0 aliphatic carbocycles. The fourth-order valence-electron chi connectivity index (χ4n) is 3.27. The standard InChI is InChI=1S/C19H22N2O/c1-15-12-16(9-11-20-15)13-21-14-19(2,10-8-18(21)22)17-6-4-3-5-7-17/h3-7,9,11-12H,8,10,13-14H2,1-2H3. The summed E-state index contributed by atoms with van der Waals surface area (Å²) in [7, 11) is 0. The van der Waals surface area contributed by atoms with Gasteiger partial charge < -0.3 is 4.90 Å². The molecule has 114 valence electrons. The van der Waals surface area contributed by atoms with E-state index in [0.29, 0.717) is 13.0 Å². The molecule has 1 fully saturated rings. The number of aromatic nitrogens is 1. The van der Waals surface area contributed by atoms with Crippen molar-refractivity contribution in [1.29, 1.82) is 0 Å². The number of nitrogens with zero attached hydrogens (tertiary/aromatic N) is 2. The van der Waals surface area contributed by atoms with Crippen LogP contribution in [0, 0.1) is 6.92 Å². The van der Waals surface area contributed by atoms with Crippen LogP contribution in [0.5, 0.6) is 0 Å². The van der Waals surface area contributed by atoms with Crippen molar-refractivity contribution in [2.24, 2.45) is 0 Å². The molecule has 0 bridgehead atoms. The van der Waals surface area contributed by atoms with Gasteiger partial charge in [-0.25, -0.2) is 0 Å². The third-order valence-electron chi connectivity index (χ3n) is 4.59. The van der Waals surface area contributed by atoms with Gasteiger partial charge in [-0.05, 0) is 36.6 Å². The van der Waals surface area contributed by atoms with E-state index in [9.17, 15) is 4.79 Å². The highest BCUT2D eigenvalue weighted by molar-refractivity contribution is 5.77. The van der Waals surface area contributed by atoms with Crippen molar-refractivity contribution in [2.45, 2.75) is 38.6 Å². The van der Waals surface area contributed by atoms with Crippen LogP contribution < -0.4 is 0 Å². The van der Waals surface area contributed by atoms with Gasteiger partial charge in [-0.2, -0.15) is 0 Å². The van der Waals surface area contributed by atoms with E-state index in [4.69, 9.17) is 0 Å². The molecule has 1 saturated heterocycles. The van der Waals surface area contributed by atoms with Crippen LogP contribution in [0.3, 0.4) is 0 Å². The summed E-state index contributed by atoms with van der Waals surface area (Å²) in [6.45, 7) is 5.69. The van der Waals surface area contributed by atoms with Gasteiger partial charge in [0.15, 0.2) is 0 Å². The number of rotatable bonds is 3. The lowest BCUT2D eigenvalue weighted by Gasteiger charge is -2.40. The van der Waals surface area contributed by atoms with Crippen molar-refractivity contribution in [3.63, 3.8) is 0 Å². The second-order valence-electron chi connectivity index (χ2n) is 6.48. The zero-order chi connectivity index (χ0) is 15.6. The Morgan fingerprint density at radius 3 is 2.73 bits per heavy atom. The first-order valence-electron chi connectivity index (χ1n) is 7.82. The van der Waals surface area contributed by atoms with E-state index in [-0.39, 0.29) is 11.3 Å². The number of carbonyl (C=O) groups excluding carboxylic acids is 1. The van der Waals surface area contributed by atoms with Crippen LogP contribution in [0.2, 0.25) is 0 Å². The Balaban J connectivity index is 1.81. The predicted molar refractivity (Wildman–Crippen MR) is 87.4 cm³/mol. The fourth-order valence-corrected chi connectivity index (χ4v) is 3.27. The molecule has 2 aromatic rings. The Morgan fingerprint density at radius 1 is 1.23 bits per heavy atom. The van der Waals surface area contributed by atoms with Crippen molar-refractivity contribution in [3.8, 4) is 0 Å². The van der Waals surface area contributed by atoms with Crippen molar-refractivity contribution in [1.82, 2.24) is 9.88 Å². The molecule has 3 nitrogen and oxygen atoms in total. The quantitative estimate of drug-likeness (QED) is 0.868. The topological polar surface area (TPSA) is 33.2 Å². The summed E-state index contributed by atoms with van der Waals surface area (Å²) in [5.74, 6) is 0.253. The van der Waals surface area contributed by atoms with E-state index < -0.39 is 0 Å². The molecule has 0 N–H and O–H groups in total. The second-order valence-corrected chi connectivity index (χ2v) is 6.48. The highest BCUT2D eigenvalue weighted by Gasteiger charge is 2.36. The summed E-state index contributed by atoms with van der Waals surface area (Å²) in [6, 6.07) is 14.6. The molecule has 1 unspecified atom stereocenters. The molecular weight excluding hydrogens is 272 g/mol. The SMILES string of the molecule is Cc1cc(CN2CC(C)(c3ccccc3)CCC2=O)ccn1. The van der Waals surface area contributed by atoms with E-state index in [1.165, 1.54) is 5.56 Å². The monoisotopic (exact) mass is 294 g/mol. The maximum atomic E-state index is 12.3. The predicted octanol–water partition coefficient (Wildman–Crippen LogP) is 3.47. The molecule has 2 heterocycles. The second kappa shape index (κ2) is 5.91. The fraction of sp³-hybridized carbons (Fsp3) is 0.368. The lowest BCUT2D eigenvalue weighted by molar-refractivity contribution is -0.136. The maximum Gasteiger partial charge on any atom is 0.222 e. The first-order chi connectivity index (χ1) is 10.6. The van der Waals surface area contributed by atoms with Gasteiger partial charge in [-0.15, -0.1) is 0 Å². The summed E-state index contributed by atoms with van der Waals surface area (Å²) in [4.78, 5) is 18.5. The maximum absolute atomic E-state index is 12.3.